The van der Waals surface area contributed by atoms with Gasteiger partial charge in [0.2, 0.25) is 0 Å². The molecule has 0 aromatic carbocycles. The first-order valence-corrected chi connectivity index (χ1v) is 9.34. The molecule has 0 amide bonds. The van der Waals surface area contributed by atoms with Crippen molar-refractivity contribution in [1.29, 1.82) is 0 Å². The van der Waals surface area contributed by atoms with Gasteiger partial charge in [-0.1, -0.05) is 0 Å². The van der Waals surface area contributed by atoms with E-state index in [1.54, 1.807) is 0 Å². The van der Waals surface area contributed by atoms with Crippen molar-refractivity contribution in [3.63, 3.8) is 0 Å². The Morgan fingerprint density at radius 1 is 0.826 bits per heavy atom. The third-order valence-corrected chi connectivity index (χ3v) is 4.10. The zero-order chi connectivity index (χ0) is 17.1. The van der Waals surface area contributed by atoms with Crippen LogP contribution < -0.4 is 0 Å². The van der Waals surface area contributed by atoms with Crippen LogP contribution in [0.1, 0.15) is 47.0 Å². The molecule has 0 spiro atoms. The summed E-state index contributed by atoms with van der Waals surface area (Å²) in [5.41, 5.74) is 0. The largest absolute Gasteiger partial charge is 0.379 e. The summed E-state index contributed by atoms with van der Waals surface area (Å²) < 4.78 is 10.9. The fourth-order valence-electron chi connectivity index (χ4n) is 2.77. The number of ether oxygens (including phenoxy) is 2. The van der Waals surface area contributed by atoms with Crippen LogP contribution in [0.15, 0.2) is 0 Å². The van der Waals surface area contributed by atoms with Crippen molar-refractivity contribution in [2.75, 3.05) is 59.8 Å². The first kappa shape index (κ1) is 20.8. The van der Waals surface area contributed by atoms with E-state index in [-0.39, 0.29) is 0 Å². The number of likely N-dealkylation sites (N-methyl/N-ethyl adjacent to an activating group) is 1. The SMILES string of the molecule is CC(C)OCCCN1CCCC1.CC(C)OCN1CCN(C)C1. The van der Waals surface area contributed by atoms with Gasteiger partial charge in [0.25, 0.3) is 0 Å². The first-order chi connectivity index (χ1) is 11.0. The Hall–Kier alpha value is -0.200. The van der Waals surface area contributed by atoms with Gasteiger partial charge in [0.05, 0.1) is 18.9 Å². The van der Waals surface area contributed by atoms with E-state index in [1.807, 2.05) is 0 Å². The highest BCUT2D eigenvalue weighted by atomic mass is 16.5. The maximum Gasteiger partial charge on any atom is 0.100 e. The Kier molecular flexibility index (Phi) is 11.1. The highest BCUT2D eigenvalue weighted by molar-refractivity contribution is 4.65. The van der Waals surface area contributed by atoms with Gasteiger partial charge in [0, 0.05) is 26.2 Å². The van der Waals surface area contributed by atoms with E-state index in [0.29, 0.717) is 12.2 Å². The van der Waals surface area contributed by atoms with Gasteiger partial charge in [-0.2, -0.15) is 0 Å². The molecular weight excluding hydrogens is 290 g/mol. The third-order valence-electron chi connectivity index (χ3n) is 4.10. The molecule has 2 aliphatic heterocycles. The average Bonchev–Trinajstić information content (AvgIpc) is 3.13. The van der Waals surface area contributed by atoms with Crippen LogP contribution in [0.4, 0.5) is 0 Å². The number of hydrogen-bond acceptors (Lipinski definition) is 5. The molecule has 0 aromatic heterocycles. The van der Waals surface area contributed by atoms with Gasteiger partial charge in [-0.15, -0.1) is 0 Å². The van der Waals surface area contributed by atoms with E-state index >= 15 is 0 Å². The van der Waals surface area contributed by atoms with Gasteiger partial charge in [-0.25, -0.2) is 0 Å². The maximum atomic E-state index is 5.47. The zero-order valence-corrected chi connectivity index (χ0v) is 16.1. The lowest BCUT2D eigenvalue weighted by Gasteiger charge is -2.16. The topological polar surface area (TPSA) is 28.2 Å². The monoisotopic (exact) mass is 329 g/mol. The molecule has 2 aliphatic rings. The maximum absolute atomic E-state index is 5.47. The summed E-state index contributed by atoms with van der Waals surface area (Å²) in [4.78, 5) is 7.13. The van der Waals surface area contributed by atoms with Crippen molar-refractivity contribution in [1.82, 2.24) is 14.7 Å². The molecule has 5 nitrogen and oxygen atoms in total. The highest BCUT2D eigenvalue weighted by Crippen LogP contribution is 2.07. The second-order valence-electron chi connectivity index (χ2n) is 7.28. The Labute approximate surface area is 143 Å². The average molecular weight is 330 g/mol. The molecule has 0 atom stereocenters. The molecule has 5 heteroatoms. The lowest BCUT2D eigenvalue weighted by atomic mass is 10.4. The van der Waals surface area contributed by atoms with Crippen molar-refractivity contribution in [2.24, 2.45) is 0 Å². The van der Waals surface area contributed by atoms with Crippen LogP contribution in [0.25, 0.3) is 0 Å². The summed E-state index contributed by atoms with van der Waals surface area (Å²) >= 11 is 0. The van der Waals surface area contributed by atoms with Crippen molar-refractivity contribution >= 4 is 0 Å². The molecule has 0 unspecified atom stereocenters. The summed E-state index contributed by atoms with van der Waals surface area (Å²) in [6.07, 6.45) is 4.72. The molecule has 0 radical (unpaired) electrons. The van der Waals surface area contributed by atoms with Crippen LogP contribution in [0.3, 0.4) is 0 Å². The number of nitrogens with zero attached hydrogens (tertiary/aromatic N) is 3. The van der Waals surface area contributed by atoms with E-state index in [4.69, 9.17) is 9.47 Å². The van der Waals surface area contributed by atoms with Crippen LogP contribution in [-0.2, 0) is 9.47 Å². The van der Waals surface area contributed by atoms with Crippen LogP contribution in [0.5, 0.6) is 0 Å². The Balaban J connectivity index is 0.000000231. The van der Waals surface area contributed by atoms with Gasteiger partial charge in [-0.3, -0.25) is 9.80 Å². The third kappa shape index (κ3) is 11.1. The Morgan fingerprint density at radius 2 is 1.48 bits per heavy atom. The normalized spacial score (nSPS) is 20.5. The van der Waals surface area contributed by atoms with Gasteiger partial charge in [0.15, 0.2) is 0 Å². The summed E-state index contributed by atoms with van der Waals surface area (Å²) in [7, 11) is 2.13. The summed E-state index contributed by atoms with van der Waals surface area (Å²) in [6, 6.07) is 0. The Bertz CT molecular complexity index is 281. The van der Waals surface area contributed by atoms with Gasteiger partial charge < -0.3 is 14.4 Å². The molecule has 0 N–H and O–H groups in total. The molecular formula is C18H39N3O2. The van der Waals surface area contributed by atoms with Crippen molar-refractivity contribution in [3.05, 3.63) is 0 Å². The molecule has 2 rings (SSSR count). The number of likely N-dealkylation sites (tertiary alicyclic amines) is 1. The molecule has 0 aliphatic carbocycles. The van der Waals surface area contributed by atoms with Crippen LogP contribution >= 0.6 is 0 Å². The summed E-state index contributed by atoms with van der Waals surface area (Å²) in [5.74, 6) is 0. The summed E-state index contributed by atoms with van der Waals surface area (Å²) in [5, 5.41) is 0. The van der Waals surface area contributed by atoms with Gasteiger partial charge in [-0.05, 0) is 67.1 Å². The predicted molar refractivity (Wildman–Crippen MR) is 96.7 cm³/mol. The molecule has 2 saturated heterocycles. The minimum absolute atomic E-state index is 0.348. The lowest BCUT2D eigenvalue weighted by molar-refractivity contribution is -0.00152. The second-order valence-corrected chi connectivity index (χ2v) is 7.28. The quantitative estimate of drug-likeness (QED) is 0.638. The van der Waals surface area contributed by atoms with Crippen LogP contribution in [-0.4, -0.2) is 86.7 Å². The Morgan fingerprint density at radius 3 is 2.00 bits per heavy atom. The zero-order valence-electron chi connectivity index (χ0n) is 16.1. The molecule has 0 aromatic rings. The highest BCUT2D eigenvalue weighted by Gasteiger charge is 2.15. The molecule has 2 fully saturated rings. The predicted octanol–water partition coefficient (Wildman–Crippen LogP) is 2.47. The minimum Gasteiger partial charge on any atom is -0.379 e. The van der Waals surface area contributed by atoms with Gasteiger partial charge in [0.1, 0.15) is 6.73 Å². The fraction of sp³-hybridized carbons (Fsp3) is 1.00. The molecule has 0 bridgehead atoms. The smallest absolute Gasteiger partial charge is 0.100 e. The van der Waals surface area contributed by atoms with E-state index in [0.717, 1.165) is 26.6 Å². The van der Waals surface area contributed by atoms with Crippen molar-refractivity contribution < 1.29 is 9.47 Å². The minimum atomic E-state index is 0.348. The molecule has 0 saturated carbocycles. The van der Waals surface area contributed by atoms with E-state index in [9.17, 15) is 0 Å². The molecule has 2 heterocycles. The first-order valence-electron chi connectivity index (χ1n) is 9.34. The van der Waals surface area contributed by atoms with Crippen molar-refractivity contribution in [3.8, 4) is 0 Å². The second kappa shape index (κ2) is 12.2. The fourth-order valence-corrected chi connectivity index (χ4v) is 2.77. The van der Waals surface area contributed by atoms with E-state index in [1.165, 1.54) is 45.4 Å². The summed E-state index contributed by atoms with van der Waals surface area (Å²) in [6.45, 7) is 17.2. The number of hydrogen-bond donors (Lipinski definition) is 0. The van der Waals surface area contributed by atoms with Crippen LogP contribution in [0, 0.1) is 0 Å². The molecule has 23 heavy (non-hydrogen) atoms. The standard InChI is InChI=1S/C10H21NO.C8H18N2O/c1-10(2)12-9-5-8-11-6-3-4-7-11;1-8(2)11-7-10-5-4-9(3)6-10/h10H,3-9H2,1-2H3;8H,4-7H2,1-3H3. The van der Waals surface area contributed by atoms with Crippen molar-refractivity contribution in [2.45, 2.75) is 59.2 Å². The van der Waals surface area contributed by atoms with Gasteiger partial charge >= 0.3 is 0 Å². The van der Waals surface area contributed by atoms with Crippen LogP contribution in [0.2, 0.25) is 0 Å². The van der Waals surface area contributed by atoms with E-state index in [2.05, 4.69) is 49.4 Å². The van der Waals surface area contributed by atoms with E-state index < -0.39 is 0 Å². The number of rotatable bonds is 8. The lowest BCUT2D eigenvalue weighted by Crippen LogP contribution is -2.27. The molecule has 138 valence electrons.